The largest absolute Gasteiger partial charge is 0.462 e. The highest BCUT2D eigenvalue weighted by molar-refractivity contribution is 9.10. The van der Waals surface area contributed by atoms with Gasteiger partial charge >= 0.3 is 11.9 Å². The number of esters is 2. The smallest absolute Gasteiger partial charge is 0.338 e. The standard InChI is InChI=1S/C19H18BrFO4/c1-12(2)10-24-18(22)13-3-5-14(6-4-13)19(23)25-11-15-9-16(21)7-8-17(15)20/h3-9,12H,10-11H2,1-2H3. The highest BCUT2D eigenvalue weighted by Gasteiger charge is 2.12. The summed E-state index contributed by atoms with van der Waals surface area (Å²) in [5, 5.41) is 0. The second-order valence-electron chi connectivity index (χ2n) is 5.88. The Morgan fingerprint density at radius 3 is 2.12 bits per heavy atom. The molecule has 0 saturated carbocycles. The van der Waals surface area contributed by atoms with Crippen LogP contribution in [-0.4, -0.2) is 18.5 Å². The first-order chi connectivity index (χ1) is 11.9. The van der Waals surface area contributed by atoms with Crippen LogP contribution in [0.5, 0.6) is 0 Å². The summed E-state index contributed by atoms with van der Waals surface area (Å²) in [6.07, 6.45) is 0. The van der Waals surface area contributed by atoms with Gasteiger partial charge in [0.2, 0.25) is 0 Å². The number of ether oxygens (including phenoxy) is 2. The molecule has 0 bridgehead atoms. The van der Waals surface area contributed by atoms with Gasteiger partial charge in [0.05, 0.1) is 17.7 Å². The third-order valence-corrected chi connectivity index (χ3v) is 4.04. The lowest BCUT2D eigenvalue weighted by Gasteiger charge is -2.09. The first-order valence-electron chi connectivity index (χ1n) is 7.75. The van der Waals surface area contributed by atoms with Crippen molar-refractivity contribution in [3.05, 3.63) is 69.4 Å². The Labute approximate surface area is 154 Å². The number of benzene rings is 2. The molecule has 0 saturated heterocycles. The highest BCUT2D eigenvalue weighted by Crippen LogP contribution is 2.19. The van der Waals surface area contributed by atoms with Crippen LogP contribution >= 0.6 is 15.9 Å². The summed E-state index contributed by atoms with van der Waals surface area (Å²) in [5.41, 5.74) is 1.19. The molecule has 0 atom stereocenters. The molecule has 0 aromatic heterocycles. The summed E-state index contributed by atoms with van der Waals surface area (Å²) in [7, 11) is 0. The zero-order chi connectivity index (χ0) is 18.4. The molecule has 0 amide bonds. The fraction of sp³-hybridized carbons (Fsp3) is 0.263. The Bertz CT molecular complexity index is 757. The third kappa shape index (κ3) is 5.67. The van der Waals surface area contributed by atoms with Gasteiger partial charge in [-0.05, 0) is 48.4 Å². The maximum atomic E-state index is 13.2. The van der Waals surface area contributed by atoms with Gasteiger partial charge in [0.15, 0.2) is 0 Å². The lowest BCUT2D eigenvalue weighted by Crippen LogP contribution is -2.11. The number of carbonyl (C=O) groups is 2. The van der Waals surface area contributed by atoms with Gasteiger partial charge in [0, 0.05) is 10.0 Å². The van der Waals surface area contributed by atoms with Crippen LogP contribution in [0.3, 0.4) is 0 Å². The molecule has 0 spiro atoms. The van der Waals surface area contributed by atoms with Crippen LogP contribution in [0.2, 0.25) is 0 Å². The van der Waals surface area contributed by atoms with E-state index in [4.69, 9.17) is 9.47 Å². The van der Waals surface area contributed by atoms with Crippen molar-refractivity contribution in [2.45, 2.75) is 20.5 Å². The SMILES string of the molecule is CC(C)COC(=O)c1ccc(C(=O)OCc2cc(F)ccc2Br)cc1. The molecule has 0 unspecified atom stereocenters. The Morgan fingerprint density at radius 2 is 1.56 bits per heavy atom. The van der Waals surface area contributed by atoms with Crippen molar-refractivity contribution in [3.8, 4) is 0 Å². The van der Waals surface area contributed by atoms with Gasteiger partial charge in [-0.25, -0.2) is 14.0 Å². The van der Waals surface area contributed by atoms with E-state index in [0.717, 1.165) is 0 Å². The van der Waals surface area contributed by atoms with Crippen LogP contribution in [0.15, 0.2) is 46.9 Å². The molecule has 6 heteroatoms. The van der Waals surface area contributed by atoms with Crippen LogP contribution in [0.1, 0.15) is 40.1 Å². The second kappa shape index (κ2) is 8.76. The van der Waals surface area contributed by atoms with Crippen LogP contribution in [0.4, 0.5) is 4.39 Å². The minimum absolute atomic E-state index is 0.0602. The third-order valence-electron chi connectivity index (χ3n) is 3.27. The minimum atomic E-state index is -0.557. The van der Waals surface area contributed by atoms with Gasteiger partial charge in [0.25, 0.3) is 0 Å². The molecule has 0 radical (unpaired) electrons. The van der Waals surface area contributed by atoms with E-state index >= 15 is 0 Å². The quantitative estimate of drug-likeness (QED) is 0.646. The van der Waals surface area contributed by atoms with Crippen molar-refractivity contribution in [3.63, 3.8) is 0 Å². The summed E-state index contributed by atoms with van der Waals surface area (Å²) >= 11 is 3.28. The molecule has 0 N–H and O–H groups in total. The summed E-state index contributed by atoms with van der Waals surface area (Å²) < 4.78 is 24.2. The lowest BCUT2D eigenvalue weighted by atomic mass is 10.1. The number of rotatable bonds is 6. The Kier molecular flexibility index (Phi) is 6.70. The van der Waals surface area contributed by atoms with Gasteiger partial charge < -0.3 is 9.47 Å². The fourth-order valence-electron chi connectivity index (χ4n) is 1.95. The predicted octanol–water partition coefficient (Wildman–Crippen LogP) is 4.76. The number of hydrogen-bond donors (Lipinski definition) is 0. The Morgan fingerprint density at radius 1 is 1.00 bits per heavy atom. The molecular weight excluding hydrogens is 391 g/mol. The number of carbonyl (C=O) groups excluding carboxylic acids is 2. The van der Waals surface area contributed by atoms with E-state index in [0.29, 0.717) is 27.8 Å². The second-order valence-corrected chi connectivity index (χ2v) is 6.74. The van der Waals surface area contributed by atoms with Gasteiger partial charge in [-0.1, -0.05) is 29.8 Å². The Hall–Kier alpha value is -2.21. The molecule has 25 heavy (non-hydrogen) atoms. The van der Waals surface area contributed by atoms with Crippen molar-refractivity contribution < 1.29 is 23.5 Å². The van der Waals surface area contributed by atoms with Crippen LogP contribution in [0, 0.1) is 11.7 Å². The maximum Gasteiger partial charge on any atom is 0.338 e. The van der Waals surface area contributed by atoms with Crippen molar-refractivity contribution in [1.29, 1.82) is 0 Å². The molecule has 0 fully saturated rings. The van der Waals surface area contributed by atoms with Crippen LogP contribution in [-0.2, 0) is 16.1 Å². The minimum Gasteiger partial charge on any atom is -0.462 e. The van der Waals surface area contributed by atoms with E-state index in [1.165, 1.54) is 36.4 Å². The number of hydrogen-bond acceptors (Lipinski definition) is 4. The topological polar surface area (TPSA) is 52.6 Å². The van der Waals surface area contributed by atoms with Crippen molar-refractivity contribution in [2.24, 2.45) is 5.92 Å². The van der Waals surface area contributed by atoms with Crippen LogP contribution < -0.4 is 0 Å². The lowest BCUT2D eigenvalue weighted by molar-refractivity contribution is 0.0450. The highest BCUT2D eigenvalue weighted by atomic mass is 79.9. The predicted molar refractivity (Wildman–Crippen MR) is 94.8 cm³/mol. The Balaban J connectivity index is 1.96. The summed E-state index contributed by atoms with van der Waals surface area (Å²) in [5.74, 6) is -1.14. The first-order valence-corrected chi connectivity index (χ1v) is 8.54. The molecule has 2 rings (SSSR count). The van der Waals surface area contributed by atoms with Gasteiger partial charge in [-0.15, -0.1) is 0 Å². The first kappa shape index (κ1) is 19.1. The number of halogens is 2. The van der Waals surface area contributed by atoms with E-state index in [2.05, 4.69) is 15.9 Å². The fourth-order valence-corrected chi connectivity index (χ4v) is 2.31. The molecule has 0 heterocycles. The van der Waals surface area contributed by atoms with E-state index < -0.39 is 17.8 Å². The summed E-state index contributed by atoms with van der Waals surface area (Å²) in [4.78, 5) is 23.9. The molecule has 4 nitrogen and oxygen atoms in total. The van der Waals surface area contributed by atoms with Gasteiger partial charge in [0.1, 0.15) is 12.4 Å². The summed E-state index contributed by atoms with van der Waals surface area (Å²) in [6, 6.07) is 10.2. The molecule has 0 aliphatic rings. The van der Waals surface area contributed by atoms with Crippen LogP contribution in [0.25, 0.3) is 0 Å². The van der Waals surface area contributed by atoms with Gasteiger partial charge in [-0.3, -0.25) is 0 Å². The van der Waals surface area contributed by atoms with Gasteiger partial charge in [-0.2, -0.15) is 0 Å². The van der Waals surface area contributed by atoms with Crippen molar-refractivity contribution in [1.82, 2.24) is 0 Å². The normalized spacial score (nSPS) is 10.6. The molecule has 2 aromatic rings. The van der Waals surface area contributed by atoms with Crippen molar-refractivity contribution in [2.75, 3.05) is 6.61 Å². The van der Waals surface area contributed by atoms with Crippen molar-refractivity contribution >= 4 is 27.9 Å². The molecular formula is C19H18BrFO4. The molecule has 132 valence electrons. The van der Waals surface area contributed by atoms with E-state index in [-0.39, 0.29) is 12.5 Å². The average molecular weight is 409 g/mol. The average Bonchev–Trinajstić information content (AvgIpc) is 2.60. The zero-order valence-electron chi connectivity index (χ0n) is 13.9. The summed E-state index contributed by atoms with van der Waals surface area (Å²) in [6.45, 7) is 4.17. The monoisotopic (exact) mass is 408 g/mol. The van der Waals surface area contributed by atoms with E-state index in [1.807, 2.05) is 13.8 Å². The van der Waals surface area contributed by atoms with E-state index in [9.17, 15) is 14.0 Å². The maximum absolute atomic E-state index is 13.2. The zero-order valence-corrected chi connectivity index (χ0v) is 15.5. The molecule has 0 aliphatic heterocycles. The van der Waals surface area contributed by atoms with E-state index in [1.54, 1.807) is 6.07 Å². The molecule has 0 aliphatic carbocycles. The molecule has 2 aromatic carbocycles.